The second-order valence-electron chi connectivity index (χ2n) is 5.16. The maximum atomic E-state index is 11.5. The van der Waals surface area contributed by atoms with Crippen LogP contribution < -0.4 is 0 Å². The van der Waals surface area contributed by atoms with E-state index in [2.05, 4.69) is 11.8 Å². The van der Waals surface area contributed by atoms with Crippen molar-refractivity contribution in [2.24, 2.45) is 0 Å². The molecular weight excluding hydrogens is 286 g/mol. The van der Waals surface area contributed by atoms with E-state index in [0.717, 1.165) is 11.1 Å². The number of carboxylic acids is 1. The van der Waals surface area contributed by atoms with E-state index in [-0.39, 0.29) is 5.56 Å². The van der Waals surface area contributed by atoms with Gasteiger partial charge >= 0.3 is 5.97 Å². The van der Waals surface area contributed by atoms with Gasteiger partial charge in [-0.05, 0) is 42.8 Å². The van der Waals surface area contributed by atoms with Crippen molar-refractivity contribution in [1.82, 2.24) is 4.57 Å². The van der Waals surface area contributed by atoms with Gasteiger partial charge in [0.2, 0.25) is 0 Å². The summed E-state index contributed by atoms with van der Waals surface area (Å²) in [5, 5.41) is 9.46. The summed E-state index contributed by atoms with van der Waals surface area (Å²) >= 11 is 0. The smallest absolute Gasteiger partial charge is 0.337 e. The van der Waals surface area contributed by atoms with Gasteiger partial charge in [0.1, 0.15) is 0 Å². The van der Waals surface area contributed by atoms with E-state index >= 15 is 0 Å². The Balaban J connectivity index is 2.16. The van der Waals surface area contributed by atoms with Crippen molar-refractivity contribution >= 4 is 5.97 Å². The van der Waals surface area contributed by atoms with E-state index in [1.54, 1.807) is 16.7 Å². The number of rotatable bonds is 2. The number of nitrogens with zero attached hydrogens (tertiary/aromatic N) is 1. The first-order chi connectivity index (χ1) is 11.2. The molecule has 1 N–H and O–H groups in total. The molecule has 3 aromatic rings. The molecule has 23 heavy (non-hydrogen) atoms. The summed E-state index contributed by atoms with van der Waals surface area (Å²) < 4.78 is 1.78. The second kappa shape index (κ2) is 6.25. The Bertz CT molecular complexity index is 912. The van der Waals surface area contributed by atoms with Crippen LogP contribution in [-0.4, -0.2) is 15.6 Å². The van der Waals surface area contributed by atoms with Crippen molar-refractivity contribution in [3.8, 4) is 17.5 Å². The highest BCUT2D eigenvalue weighted by Gasteiger charge is 2.14. The van der Waals surface area contributed by atoms with Gasteiger partial charge < -0.3 is 9.67 Å². The van der Waals surface area contributed by atoms with Crippen LogP contribution in [0.1, 0.15) is 27.0 Å². The molecule has 0 unspecified atom stereocenters. The predicted octanol–water partition coefficient (Wildman–Crippen LogP) is 3.88. The van der Waals surface area contributed by atoms with Gasteiger partial charge in [-0.3, -0.25) is 0 Å². The maximum Gasteiger partial charge on any atom is 0.337 e. The fraction of sp³-hybridized carbons (Fsp3) is 0.0500. The second-order valence-corrected chi connectivity index (χ2v) is 5.16. The van der Waals surface area contributed by atoms with Crippen LogP contribution in [0.15, 0.2) is 67.0 Å². The number of hydrogen-bond acceptors (Lipinski definition) is 1. The Morgan fingerprint density at radius 3 is 2.26 bits per heavy atom. The van der Waals surface area contributed by atoms with Crippen molar-refractivity contribution in [1.29, 1.82) is 0 Å². The zero-order valence-electron chi connectivity index (χ0n) is 12.7. The Morgan fingerprint density at radius 2 is 1.57 bits per heavy atom. The van der Waals surface area contributed by atoms with Crippen LogP contribution in [0.5, 0.6) is 0 Å². The molecule has 2 aromatic carbocycles. The van der Waals surface area contributed by atoms with Crippen LogP contribution in [0, 0.1) is 18.8 Å². The van der Waals surface area contributed by atoms with Crippen LogP contribution in [-0.2, 0) is 0 Å². The molecule has 0 radical (unpaired) electrons. The summed E-state index contributed by atoms with van der Waals surface area (Å²) in [5.41, 5.74) is 3.54. The van der Waals surface area contributed by atoms with E-state index in [1.165, 1.54) is 0 Å². The van der Waals surface area contributed by atoms with Crippen molar-refractivity contribution in [2.75, 3.05) is 0 Å². The topological polar surface area (TPSA) is 42.2 Å². The van der Waals surface area contributed by atoms with E-state index in [1.807, 2.05) is 61.8 Å². The molecule has 1 aromatic heterocycles. The highest BCUT2D eigenvalue weighted by molar-refractivity contribution is 5.93. The SMILES string of the molecule is Cc1ccccc1C#Cc1cccc(C(=O)O)c1-n1cccc1. The number of aromatic carboxylic acids is 1. The van der Waals surface area contributed by atoms with Crippen LogP contribution >= 0.6 is 0 Å². The molecule has 0 saturated carbocycles. The lowest BCUT2D eigenvalue weighted by Gasteiger charge is -2.10. The van der Waals surface area contributed by atoms with Gasteiger partial charge in [0.25, 0.3) is 0 Å². The zero-order chi connectivity index (χ0) is 16.2. The zero-order valence-corrected chi connectivity index (χ0v) is 12.7. The molecule has 3 rings (SSSR count). The predicted molar refractivity (Wildman–Crippen MR) is 89.9 cm³/mol. The lowest BCUT2D eigenvalue weighted by atomic mass is 10.1. The lowest BCUT2D eigenvalue weighted by Crippen LogP contribution is -2.06. The number of aromatic nitrogens is 1. The summed E-state index contributed by atoms with van der Waals surface area (Å²) in [6.45, 7) is 2.00. The summed E-state index contributed by atoms with van der Waals surface area (Å²) in [4.78, 5) is 11.5. The molecule has 0 saturated heterocycles. The molecule has 112 valence electrons. The maximum absolute atomic E-state index is 11.5. The standard InChI is InChI=1S/C20H15NO2/c1-15-7-2-3-8-16(15)11-12-17-9-6-10-18(20(22)23)19(17)21-13-4-5-14-21/h2-10,13-14H,1H3,(H,22,23). The van der Waals surface area contributed by atoms with Gasteiger partial charge in [-0.15, -0.1) is 0 Å². The molecular formula is C20H15NO2. The van der Waals surface area contributed by atoms with Crippen molar-refractivity contribution in [2.45, 2.75) is 6.92 Å². The minimum atomic E-state index is -0.965. The van der Waals surface area contributed by atoms with Gasteiger partial charge in [0.05, 0.1) is 11.3 Å². The molecule has 3 heteroatoms. The highest BCUT2D eigenvalue weighted by atomic mass is 16.4. The van der Waals surface area contributed by atoms with Crippen LogP contribution in [0.3, 0.4) is 0 Å². The Kier molecular flexibility index (Phi) is 3.99. The van der Waals surface area contributed by atoms with Gasteiger partial charge in [0.15, 0.2) is 0 Å². The van der Waals surface area contributed by atoms with E-state index in [9.17, 15) is 9.90 Å². The number of hydrogen-bond donors (Lipinski definition) is 1. The molecule has 0 fully saturated rings. The average molecular weight is 301 g/mol. The monoisotopic (exact) mass is 301 g/mol. The van der Waals surface area contributed by atoms with Gasteiger partial charge in [-0.25, -0.2) is 4.79 Å². The number of benzene rings is 2. The third kappa shape index (κ3) is 3.02. The van der Waals surface area contributed by atoms with E-state index in [0.29, 0.717) is 11.3 Å². The van der Waals surface area contributed by atoms with Crippen LogP contribution in [0.2, 0.25) is 0 Å². The molecule has 1 heterocycles. The van der Waals surface area contributed by atoms with Crippen molar-refractivity contribution < 1.29 is 9.90 Å². The lowest BCUT2D eigenvalue weighted by molar-refractivity contribution is 0.0697. The molecule has 0 aliphatic rings. The Hall–Kier alpha value is -3.25. The number of carbonyl (C=O) groups is 1. The molecule has 0 aliphatic heterocycles. The van der Waals surface area contributed by atoms with E-state index in [4.69, 9.17) is 0 Å². The van der Waals surface area contributed by atoms with Gasteiger partial charge in [-0.2, -0.15) is 0 Å². The number of aryl methyl sites for hydroxylation is 1. The molecule has 3 nitrogen and oxygen atoms in total. The molecule has 0 spiro atoms. The fourth-order valence-electron chi connectivity index (χ4n) is 2.43. The molecule has 0 atom stereocenters. The summed E-state index contributed by atoms with van der Waals surface area (Å²) in [7, 11) is 0. The largest absolute Gasteiger partial charge is 0.478 e. The minimum Gasteiger partial charge on any atom is -0.478 e. The summed E-state index contributed by atoms with van der Waals surface area (Å²) in [5.74, 6) is 5.30. The Labute approximate surface area is 134 Å². The average Bonchev–Trinajstić information content (AvgIpc) is 3.07. The van der Waals surface area contributed by atoms with E-state index < -0.39 is 5.97 Å². The first-order valence-corrected chi connectivity index (χ1v) is 7.24. The minimum absolute atomic E-state index is 0.234. The number of carboxylic acid groups (broad SMARTS) is 1. The van der Waals surface area contributed by atoms with Crippen molar-refractivity contribution in [3.63, 3.8) is 0 Å². The highest BCUT2D eigenvalue weighted by Crippen LogP contribution is 2.20. The van der Waals surface area contributed by atoms with Gasteiger partial charge in [0, 0.05) is 23.5 Å². The van der Waals surface area contributed by atoms with Crippen LogP contribution in [0.25, 0.3) is 5.69 Å². The summed E-state index contributed by atoms with van der Waals surface area (Å²) in [6.07, 6.45) is 3.64. The normalized spacial score (nSPS) is 9.96. The Morgan fingerprint density at radius 1 is 0.913 bits per heavy atom. The fourth-order valence-corrected chi connectivity index (χ4v) is 2.43. The molecule has 0 amide bonds. The summed E-state index contributed by atoms with van der Waals surface area (Å²) in [6, 6.07) is 16.7. The number of para-hydroxylation sites is 1. The van der Waals surface area contributed by atoms with Crippen LogP contribution in [0.4, 0.5) is 0 Å². The third-order valence-corrected chi connectivity index (χ3v) is 3.61. The van der Waals surface area contributed by atoms with Crippen molar-refractivity contribution in [3.05, 3.63) is 89.2 Å². The molecule has 0 bridgehead atoms. The third-order valence-electron chi connectivity index (χ3n) is 3.61. The first kappa shape index (κ1) is 14.7. The molecule has 0 aliphatic carbocycles. The van der Waals surface area contributed by atoms with Gasteiger partial charge in [-0.1, -0.05) is 36.1 Å². The first-order valence-electron chi connectivity index (χ1n) is 7.24. The quantitative estimate of drug-likeness (QED) is 0.730.